The summed E-state index contributed by atoms with van der Waals surface area (Å²) >= 11 is 5.89. The quantitative estimate of drug-likeness (QED) is 0.419. The van der Waals surface area contributed by atoms with Gasteiger partial charge in [-0.1, -0.05) is 17.7 Å². The molecule has 0 aliphatic carbocycles. The van der Waals surface area contributed by atoms with Crippen molar-refractivity contribution in [2.45, 2.75) is 4.90 Å². The van der Waals surface area contributed by atoms with E-state index in [2.05, 4.69) is 9.97 Å². The van der Waals surface area contributed by atoms with Crippen LogP contribution >= 0.6 is 11.6 Å². The molecule has 6 nitrogen and oxygen atoms in total. The minimum Gasteiger partial charge on any atom is -0.345 e. The van der Waals surface area contributed by atoms with Crippen molar-refractivity contribution < 1.29 is 26.4 Å². The van der Waals surface area contributed by atoms with Crippen LogP contribution in [0.2, 0.25) is 5.02 Å². The molecule has 4 rings (SSSR count). The number of aromatic amines is 1. The zero-order chi connectivity index (χ0) is 22.3. The van der Waals surface area contributed by atoms with Gasteiger partial charge in [0.15, 0.2) is 5.82 Å². The Morgan fingerprint density at radius 2 is 1.87 bits per heavy atom. The first-order chi connectivity index (χ1) is 14.7. The first-order valence-corrected chi connectivity index (χ1v) is 10.5. The van der Waals surface area contributed by atoms with Gasteiger partial charge in [-0.2, -0.15) is 0 Å². The molecular formula is C20H11ClF3N3O3S. The molecule has 0 amide bonds. The number of hydrogen-bond acceptors (Lipinski definition) is 4. The number of rotatable bonds is 5. The number of hydrogen-bond donors (Lipinski definition) is 2. The maximum atomic E-state index is 15.1. The van der Waals surface area contributed by atoms with Crippen LogP contribution in [-0.2, 0) is 10.0 Å². The zero-order valence-electron chi connectivity index (χ0n) is 15.3. The molecule has 2 aromatic heterocycles. The van der Waals surface area contributed by atoms with Crippen molar-refractivity contribution in [3.05, 3.63) is 88.5 Å². The molecule has 0 aliphatic rings. The molecule has 0 aliphatic heterocycles. The van der Waals surface area contributed by atoms with Gasteiger partial charge in [0.2, 0.25) is 5.78 Å². The summed E-state index contributed by atoms with van der Waals surface area (Å²) in [5, 5.41) is 0.445. The monoisotopic (exact) mass is 465 g/mol. The highest BCUT2D eigenvalue weighted by molar-refractivity contribution is 7.92. The molecular weight excluding hydrogens is 455 g/mol. The van der Waals surface area contributed by atoms with Gasteiger partial charge < -0.3 is 4.98 Å². The molecule has 2 aromatic carbocycles. The van der Waals surface area contributed by atoms with Crippen molar-refractivity contribution in [1.29, 1.82) is 0 Å². The lowest BCUT2D eigenvalue weighted by atomic mass is 10.0. The van der Waals surface area contributed by atoms with Crippen LogP contribution in [0.25, 0.3) is 11.0 Å². The Hall–Kier alpha value is -3.37. The third kappa shape index (κ3) is 3.87. The first kappa shape index (κ1) is 20.9. The summed E-state index contributed by atoms with van der Waals surface area (Å²) in [4.78, 5) is 19.1. The summed E-state index contributed by atoms with van der Waals surface area (Å²) in [6.07, 6.45) is 2.55. The molecule has 0 saturated heterocycles. The molecule has 0 atom stereocenters. The van der Waals surface area contributed by atoms with E-state index in [-0.39, 0.29) is 21.6 Å². The fourth-order valence-corrected chi connectivity index (χ4v) is 4.23. The number of carbonyl (C=O) groups excluding carboxylic acids is 1. The fourth-order valence-electron chi connectivity index (χ4n) is 2.98. The number of ketones is 1. The van der Waals surface area contributed by atoms with Gasteiger partial charge in [-0.15, -0.1) is 0 Å². The van der Waals surface area contributed by atoms with Gasteiger partial charge >= 0.3 is 0 Å². The molecule has 11 heteroatoms. The molecule has 0 radical (unpaired) electrons. The highest BCUT2D eigenvalue weighted by Crippen LogP contribution is 2.29. The number of nitrogens with zero attached hydrogens (tertiary/aromatic N) is 1. The van der Waals surface area contributed by atoms with Crippen molar-refractivity contribution in [2.24, 2.45) is 0 Å². The average molecular weight is 466 g/mol. The zero-order valence-corrected chi connectivity index (χ0v) is 16.9. The van der Waals surface area contributed by atoms with E-state index in [1.807, 2.05) is 4.72 Å². The predicted molar refractivity (Wildman–Crippen MR) is 108 cm³/mol. The largest absolute Gasteiger partial charge is 0.345 e. The molecule has 0 unspecified atom stereocenters. The summed E-state index contributed by atoms with van der Waals surface area (Å²) in [7, 11) is -4.41. The van der Waals surface area contributed by atoms with Gasteiger partial charge in [0.05, 0.1) is 21.2 Å². The molecule has 0 spiro atoms. The number of anilines is 1. The minimum absolute atomic E-state index is 0.104. The van der Waals surface area contributed by atoms with E-state index >= 15 is 4.39 Å². The van der Waals surface area contributed by atoms with E-state index in [1.165, 1.54) is 18.5 Å². The number of nitrogens with one attached hydrogen (secondary N) is 2. The van der Waals surface area contributed by atoms with Crippen LogP contribution in [0.5, 0.6) is 0 Å². The van der Waals surface area contributed by atoms with Crippen molar-refractivity contribution in [3.63, 3.8) is 0 Å². The number of halogens is 4. The van der Waals surface area contributed by atoms with E-state index in [0.717, 1.165) is 36.4 Å². The number of pyridine rings is 1. The summed E-state index contributed by atoms with van der Waals surface area (Å²) in [5.74, 6) is -4.48. The lowest BCUT2D eigenvalue weighted by Gasteiger charge is -2.12. The van der Waals surface area contributed by atoms with Crippen molar-refractivity contribution >= 4 is 44.1 Å². The molecule has 0 bridgehead atoms. The van der Waals surface area contributed by atoms with Gasteiger partial charge in [0.25, 0.3) is 10.0 Å². The van der Waals surface area contributed by atoms with E-state index in [1.54, 1.807) is 0 Å². The Labute approximate surface area is 178 Å². The standard InChI is InChI=1S/C20H11ClF3N3O3S/c21-10-6-13-14(9-26-20(13)25-8-10)19(28)17-15(23)4-5-16(18(17)24)27-31(29,30)12-3-1-2-11(22)7-12/h1-9,27H,(H,25,26). The van der Waals surface area contributed by atoms with Crippen molar-refractivity contribution in [2.75, 3.05) is 4.72 Å². The summed E-state index contributed by atoms with van der Waals surface area (Å²) in [6.45, 7) is 0. The molecule has 2 heterocycles. The first-order valence-electron chi connectivity index (χ1n) is 8.61. The second-order valence-electron chi connectivity index (χ2n) is 6.43. The number of aromatic nitrogens is 2. The maximum absolute atomic E-state index is 15.1. The lowest BCUT2D eigenvalue weighted by molar-refractivity contribution is 0.103. The SMILES string of the molecule is O=C(c1c(F)ccc(NS(=O)(=O)c2cccc(F)c2)c1F)c1c[nH]c2ncc(Cl)cc12. The fraction of sp³-hybridized carbons (Fsp3) is 0. The Kier molecular flexibility index (Phi) is 5.19. The third-order valence-corrected chi connectivity index (χ3v) is 5.98. The maximum Gasteiger partial charge on any atom is 0.262 e. The van der Waals surface area contributed by atoms with Gasteiger partial charge in [-0.25, -0.2) is 26.6 Å². The van der Waals surface area contributed by atoms with Crippen LogP contribution < -0.4 is 4.72 Å². The number of sulfonamides is 1. The summed E-state index contributed by atoms with van der Waals surface area (Å²) in [6, 6.07) is 7.01. The molecule has 2 N–H and O–H groups in total. The Balaban J connectivity index is 1.77. The molecule has 31 heavy (non-hydrogen) atoms. The second-order valence-corrected chi connectivity index (χ2v) is 8.55. The predicted octanol–water partition coefficient (Wildman–Crippen LogP) is 4.67. The highest BCUT2D eigenvalue weighted by atomic mass is 35.5. The van der Waals surface area contributed by atoms with Gasteiger partial charge in [-0.05, 0) is 36.4 Å². The lowest BCUT2D eigenvalue weighted by Crippen LogP contribution is -2.16. The Morgan fingerprint density at radius 3 is 2.61 bits per heavy atom. The van der Waals surface area contributed by atoms with E-state index in [0.29, 0.717) is 0 Å². The minimum atomic E-state index is -4.41. The van der Waals surface area contributed by atoms with Crippen LogP contribution in [0.15, 0.2) is 59.8 Å². The van der Waals surface area contributed by atoms with E-state index < -0.39 is 49.4 Å². The number of carbonyl (C=O) groups is 1. The van der Waals surface area contributed by atoms with Gasteiger partial charge in [0.1, 0.15) is 17.3 Å². The van der Waals surface area contributed by atoms with Crippen LogP contribution in [-0.4, -0.2) is 24.2 Å². The average Bonchev–Trinajstić information content (AvgIpc) is 3.13. The summed E-state index contributed by atoms with van der Waals surface area (Å²) < 4.78 is 69.7. The smallest absolute Gasteiger partial charge is 0.262 e. The normalized spacial score (nSPS) is 11.6. The van der Waals surface area contributed by atoms with Gasteiger partial charge in [-0.3, -0.25) is 9.52 Å². The summed E-state index contributed by atoms with van der Waals surface area (Å²) in [5.41, 5.74) is -1.48. The van der Waals surface area contributed by atoms with Crippen molar-refractivity contribution in [1.82, 2.24) is 9.97 Å². The van der Waals surface area contributed by atoms with E-state index in [4.69, 9.17) is 11.6 Å². The van der Waals surface area contributed by atoms with Crippen LogP contribution in [0, 0.1) is 17.5 Å². The van der Waals surface area contributed by atoms with Crippen LogP contribution in [0.1, 0.15) is 15.9 Å². The third-order valence-electron chi connectivity index (χ3n) is 4.41. The number of H-pyrrole nitrogens is 1. The molecule has 0 saturated carbocycles. The second kappa shape index (κ2) is 7.71. The number of benzene rings is 2. The van der Waals surface area contributed by atoms with Gasteiger partial charge in [0, 0.05) is 23.3 Å². The van der Waals surface area contributed by atoms with Crippen molar-refractivity contribution in [3.8, 4) is 0 Å². The molecule has 158 valence electrons. The van der Waals surface area contributed by atoms with Crippen LogP contribution in [0.3, 0.4) is 0 Å². The van der Waals surface area contributed by atoms with Crippen LogP contribution in [0.4, 0.5) is 18.9 Å². The van der Waals surface area contributed by atoms with E-state index in [9.17, 15) is 22.0 Å². The molecule has 0 fully saturated rings. The highest BCUT2D eigenvalue weighted by Gasteiger charge is 2.26. The number of fused-ring (bicyclic) bond motifs is 1. The Morgan fingerprint density at radius 1 is 1.10 bits per heavy atom. The molecule has 4 aromatic rings. The topological polar surface area (TPSA) is 91.9 Å². The Bertz CT molecular complexity index is 1450.